The van der Waals surface area contributed by atoms with Gasteiger partial charge in [-0.1, -0.05) is 12.1 Å². The third-order valence-electron chi connectivity index (χ3n) is 6.58. The molecule has 176 valence electrons. The molecule has 0 saturated carbocycles. The van der Waals surface area contributed by atoms with E-state index in [0.717, 1.165) is 22.3 Å². The van der Waals surface area contributed by atoms with Crippen LogP contribution >= 0.6 is 0 Å². The van der Waals surface area contributed by atoms with Gasteiger partial charge >= 0.3 is 0 Å². The van der Waals surface area contributed by atoms with Gasteiger partial charge in [-0.05, 0) is 68.3 Å². The molecular weight excluding hydrogens is 442 g/mol. The molecule has 0 bridgehead atoms. The van der Waals surface area contributed by atoms with Crippen LogP contribution in [-0.2, 0) is 10.2 Å². The number of primary amides is 1. The maximum absolute atomic E-state index is 13.4. The van der Waals surface area contributed by atoms with Crippen LogP contribution in [0.1, 0.15) is 47.1 Å². The SMILES string of the molecule is CCN1C(=O)C(C)(C)c2cc(-c3c(C(N)=O)cccc3C(=O)Nc3cnc4[nH]ccc4c3)ccc21. The molecule has 3 amide bonds. The predicted molar refractivity (Wildman–Crippen MR) is 135 cm³/mol. The number of pyridine rings is 1. The number of hydrogen-bond donors (Lipinski definition) is 3. The molecule has 5 rings (SSSR count). The Labute approximate surface area is 202 Å². The number of carbonyl (C=O) groups is 3. The molecule has 4 N–H and O–H groups in total. The number of rotatable bonds is 5. The van der Waals surface area contributed by atoms with E-state index < -0.39 is 17.2 Å². The second-order valence-electron chi connectivity index (χ2n) is 9.09. The van der Waals surface area contributed by atoms with Crippen molar-refractivity contribution in [1.82, 2.24) is 9.97 Å². The van der Waals surface area contributed by atoms with Crippen LogP contribution in [0.3, 0.4) is 0 Å². The number of fused-ring (bicyclic) bond motifs is 2. The molecule has 8 nitrogen and oxygen atoms in total. The van der Waals surface area contributed by atoms with Crippen LogP contribution < -0.4 is 16.0 Å². The number of aromatic nitrogens is 2. The van der Waals surface area contributed by atoms with Gasteiger partial charge in [0.1, 0.15) is 5.65 Å². The van der Waals surface area contributed by atoms with Gasteiger partial charge in [0.05, 0.1) is 17.3 Å². The number of nitrogens with one attached hydrogen (secondary N) is 2. The number of likely N-dealkylation sites (N-methyl/N-ethyl adjacent to an activating group) is 1. The monoisotopic (exact) mass is 467 g/mol. The van der Waals surface area contributed by atoms with Crippen LogP contribution in [0.5, 0.6) is 0 Å². The van der Waals surface area contributed by atoms with Gasteiger partial charge in [-0.25, -0.2) is 4.98 Å². The molecule has 2 aromatic heterocycles. The lowest BCUT2D eigenvalue weighted by atomic mass is 9.83. The lowest BCUT2D eigenvalue weighted by molar-refractivity contribution is -0.122. The fraction of sp³-hybridized carbons (Fsp3) is 0.185. The number of aromatic amines is 1. The summed E-state index contributed by atoms with van der Waals surface area (Å²) in [4.78, 5) is 47.8. The Kier molecular flexibility index (Phi) is 5.16. The van der Waals surface area contributed by atoms with E-state index in [1.807, 2.05) is 51.1 Å². The summed E-state index contributed by atoms with van der Waals surface area (Å²) in [6.07, 6.45) is 3.34. The molecule has 3 heterocycles. The highest BCUT2D eigenvalue weighted by atomic mass is 16.2. The topological polar surface area (TPSA) is 121 Å². The van der Waals surface area contributed by atoms with E-state index in [2.05, 4.69) is 15.3 Å². The summed E-state index contributed by atoms with van der Waals surface area (Å²) in [5.74, 6) is -1.03. The van der Waals surface area contributed by atoms with Crippen molar-refractivity contribution in [2.24, 2.45) is 5.73 Å². The molecule has 0 atom stereocenters. The Hall–Kier alpha value is -4.46. The Morgan fingerprint density at radius 1 is 1.11 bits per heavy atom. The second kappa shape index (κ2) is 8.09. The first kappa shape index (κ1) is 22.3. The fourth-order valence-electron chi connectivity index (χ4n) is 4.77. The van der Waals surface area contributed by atoms with E-state index in [4.69, 9.17) is 5.73 Å². The number of carbonyl (C=O) groups excluding carboxylic acids is 3. The standard InChI is InChI=1S/C27H25N5O3/c1-4-32-21-9-8-15(13-20(21)27(2,3)26(32)35)22-18(23(28)33)6-5-7-19(22)25(34)31-17-12-16-10-11-29-24(16)30-14-17/h5-14H,4H2,1-3H3,(H2,28,33)(H,29,30)(H,31,34). The van der Waals surface area contributed by atoms with Crippen LogP contribution in [0, 0.1) is 0 Å². The number of nitrogens with two attached hydrogens (primary N) is 1. The van der Waals surface area contributed by atoms with E-state index in [0.29, 0.717) is 28.9 Å². The van der Waals surface area contributed by atoms with Crippen molar-refractivity contribution >= 4 is 40.1 Å². The highest BCUT2D eigenvalue weighted by molar-refractivity contribution is 6.14. The zero-order chi connectivity index (χ0) is 24.9. The maximum Gasteiger partial charge on any atom is 0.256 e. The van der Waals surface area contributed by atoms with Gasteiger partial charge in [-0.15, -0.1) is 0 Å². The lowest BCUT2D eigenvalue weighted by Crippen LogP contribution is -2.35. The molecule has 0 fully saturated rings. The van der Waals surface area contributed by atoms with Crippen LogP contribution in [0.4, 0.5) is 11.4 Å². The van der Waals surface area contributed by atoms with Crippen LogP contribution in [0.2, 0.25) is 0 Å². The van der Waals surface area contributed by atoms with Gasteiger partial charge < -0.3 is 20.9 Å². The van der Waals surface area contributed by atoms with Crippen molar-refractivity contribution in [3.63, 3.8) is 0 Å². The average molecular weight is 468 g/mol. The third kappa shape index (κ3) is 3.54. The molecule has 0 saturated heterocycles. The van der Waals surface area contributed by atoms with E-state index in [1.165, 1.54) is 0 Å². The number of H-pyrrole nitrogens is 1. The summed E-state index contributed by atoms with van der Waals surface area (Å²) in [7, 11) is 0. The second-order valence-corrected chi connectivity index (χ2v) is 9.09. The summed E-state index contributed by atoms with van der Waals surface area (Å²) < 4.78 is 0. The fourth-order valence-corrected chi connectivity index (χ4v) is 4.77. The summed E-state index contributed by atoms with van der Waals surface area (Å²) >= 11 is 0. The van der Waals surface area contributed by atoms with E-state index in [1.54, 1.807) is 35.5 Å². The molecule has 0 unspecified atom stereocenters. The summed E-state index contributed by atoms with van der Waals surface area (Å²) in [5.41, 5.74) is 9.48. The van der Waals surface area contributed by atoms with Gasteiger partial charge in [0.25, 0.3) is 5.91 Å². The van der Waals surface area contributed by atoms with Crippen LogP contribution in [-0.4, -0.2) is 34.2 Å². The predicted octanol–water partition coefficient (Wildman–Crippen LogP) is 4.23. The molecule has 0 radical (unpaired) electrons. The van der Waals surface area contributed by atoms with Crippen LogP contribution in [0.25, 0.3) is 22.2 Å². The minimum absolute atomic E-state index is 0.0148. The normalized spacial score (nSPS) is 14.3. The Balaban J connectivity index is 1.62. The summed E-state index contributed by atoms with van der Waals surface area (Å²) in [6.45, 7) is 6.25. The Morgan fingerprint density at radius 2 is 1.89 bits per heavy atom. The smallest absolute Gasteiger partial charge is 0.256 e. The molecule has 8 heteroatoms. The summed E-state index contributed by atoms with van der Waals surface area (Å²) in [6, 6.07) is 14.1. The summed E-state index contributed by atoms with van der Waals surface area (Å²) in [5, 5.41) is 3.74. The van der Waals surface area contributed by atoms with E-state index in [9.17, 15) is 14.4 Å². The quantitative estimate of drug-likeness (QED) is 0.407. The Bertz CT molecular complexity index is 1520. The van der Waals surface area contributed by atoms with Crippen molar-refractivity contribution in [3.05, 3.63) is 77.6 Å². The van der Waals surface area contributed by atoms with Crippen molar-refractivity contribution in [1.29, 1.82) is 0 Å². The van der Waals surface area contributed by atoms with Gasteiger partial charge in [-0.2, -0.15) is 0 Å². The first-order valence-electron chi connectivity index (χ1n) is 11.4. The van der Waals surface area contributed by atoms with E-state index >= 15 is 0 Å². The molecule has 0 aliphatic carbocycles. The largest absolute Gasteiger partial charge is 0.366 e. The lowest BCUT2D eigenvalue weighted by Gasteiger charge is -2.18. The molecule has 0 spiro atoms. The third-order valence-corrected chi connectivity index (χ3v) is 6.58. The highest BCUT2D eigenvalue weighted by Gasteiger charge is 2.43. The molecular formula is C27H25N5O3. The number of benzene rings is 2. The maximum atomic E-state index is 13.4. The highest BCUT2D eigenvalue weighted by Crippen LogP contribution is 2.44. The Morgan fingerprint density at radius 3 is 2.63 bits per heavy atom. The minimum Gasteiger partial charge on any atom is -0.366 e. The van der Waals surface area contributed by atoms with Gasteiger partial charge in [-0.3, -0.25) is 14.4 Å². The first-order valence-corrected chi connectivity index (χ1v) is 11.4. The molecule has 2 aromatic carbocycles. The molecule has 1 aliphatic heterocycles. The van der Waals surface area contributed by atoms with Crippen LogP contribution in [0.15, 0.2) is 60.9 Å². The zero-order valence-electron chi connectivity index (χ0n) is 19.7. The van der Waals surface area contributed by atoms with Crippen molar-refractivity contribution < 1.29 is 14.4 Å². The molecule has 1 aliphatic rings. The molecule has 35 heavy (non-hydrogen) atoms. The number of amides is 3. The van der Waals surface area contributed by atoms with Crippen molar-refractivity contribution in [2.45, 2.75) is 26.2 Å². The van der Waals surface area contributed by atoms with Gasteiger partial charge in [0, 0.05) is 40.5 Å². The van der Waals surface area contributed by atoms with Gasteiger partial charge in [0.2, 0.25) is 11.8 Å². The minimum atomic E-state index is -0.733. The number of nitrogens with zero attached hydrogens (tertiary/aromatic N) is 2. The first-order chi connectivity index (χ1) is 16.7. The average Bonchev–Trinajstić information content (AvgIpc) is 3.38. The molecule has 4 aromatic rings. The number of anilines is 2. The van der Waals surface area contributed by atoms with Crippen molar-refractivity contribution in [2.75, 3.05) is 16.8 Å². The number of hydrogen-bond acceptors (Lipinski definition) is 4. The van der Waals surface area contributed by atoms with E-state index in [-0.39, 0.29) is 11.5 Å². The van der Waals surface area contributed by atoms with Gasteiger partial charge in [0.15, 0.2) is 0 Å². The zero-order valence-corrected chi connectivity index (χ0v) is 19.7. The van der Waals surface area contributed by atoms with Crippen molar-refractivity contribution in [3.8, 4) is 11.1 Å².